The standard InChI is InChI=1S/C18H13FN2O3S/c19-12-4-1-2-5-13(12)21-9-11(18(23)24)16-17(21)10(8-15(22)20-16)14-6-3-7-25-14/h1-7,9-10H,8H2,(H,20,22)(H,23,24). The lowest BCUT2D eigenvalue weighted by molar-refractivity contribution is -0.116. The van der Waals surface area contributed by atoms with Gasteiger partial charge in [0.25, 0.3) is 0 Å². The van der Waals surface area contributed by atoms with Crippen LogP contribution in [0, 0.1) is 5.82 Å². The Morgan fingerprint density at radius 2 is 2.08 bits per heavy atom. The number of para-hydroxylation sites is 1. The summed E-state index contributed by atoms with van der Waals surface area (Å²) in [5.41, 5.74) is 1.03. The number of aromatic carboxylic acids is 1. The van der Waals surface area contributed by atoms with Crippen molar-refractivity contribution >= 4 is 28.9 Å². The molecule has 3 heterocycles. The van der Waals surface area contributed by atoms with Gasteiger partial charge in [-0.3, -0.25) is 4.79 Å². The van der Waals surface area contributed by atoms with Crippen LogP contribution in [0.25, 0.3) is 5.69 Å². The summed E-state index contributed by atoms with van der Waals surface area (Å²) in [6.07, 6.45) is 1.56. The molecule has 0 spiro atoms. The minimum Gasteiger partial charge on any atom is -0.478 e. The number of nitrogens with one attached hydrogen (secondary N) is 1. The van der Waals surface area contributed by atoms with E-state index in [1.165, 1.54) is 28.2 Å². The summed E-state index contributed by atoms with van der Waals surface area (Å²) in [5, 5.41) is 14.1. The number of halogens is 1. The van der Waals surface area contributed by atoms with Gasteiger partial charge in [0.05, 0.1) is 17.1 Å². The zero-order valence-electron chi connectivity index (χ0n) is 12.9. The molecule has 1 unspecified atom stereocenters. The van der Waals surface area contributed by atoms with Crippen LogP contribution >= 0.6 is 11.3 Å². The zero-order valence-corrected chi connectivity index (χ0v) is 13.7. The number of carbonyl (C=O) groups is 2. The summed E-state index contributed by atoms with van der Waals surface area (Å²) in [7, 11) is 0. The fourth-order valence-electron chi connectivity index (χ4n) is 3.20. The highest BCUT2D eigenvalue weighted by Crippen LogP contribution is 2.43. The molecule has 1 amide bonds. The summed E-state index contributed by atoms with van der Waals surface area (Å²) in [5.74, 6) is -2.20. The number of rotatable bonds is 3. The first-order valence-corrected chi connectivity index (χ1v) is 8.51. The number of fused-ring (bicyclic) bond motifs is 1. The average molecular weight is 356 g/mol. The molecule has 1 aromatic carbocycles. The molecule has 0 saturated carbocycles. The van der Waals surface area contributed by atoms with Crippen molar-refractivity contribution in [2.45, 2.75) is 12.3 Å². The Bertz CT molecular complexity index is 978. The molecular weight excluding hydrogens is 343 g/mol. The van der Waals surface area contributed by atoms with E-state index in [4.69, 9.17) is 0 Å². The summed E-state index contributed by atoms with van der Waals surface area (Å²) in [6.45, 7) is 0. The largest absolute Gasteiger partial charge is 0.478 e. The number of hydrogen-bond donors (Lipinski definition) is 2. The monoisotopic (exact) mass is 356 g/mol. The molecule has 0 fully saturated rings. The highest BCUT2D eigenvalue weighted by atomic mass is 32.1. The first-order chi connectivity index (χ1) is 12.1. The minimum absolute atomic E-state index is 0.0483. The number of aromatic nitrogens is 1. The van der Waals surface area contributed by atoms with Gasteiger partial charge in [-0.05, 0) is 23.6 Å². The Morgan fingerprint density at radius 1 is 1.28 bits per heavy atom. The van der Waals surface area contributed by atoms with Crippen molar-refractivity contribution in [1.29, 1.82) is 0 Å². The normalized spacial score (nSPS) is 16.4. The number of hydrogen-bond acceptors (Lipinski definition) is 3. The van der Waals surface area contributed by atoms with E-state index in [-0.39, 0.29) is 35.2 Å². The maximum atomic E-state index is 14.3. The van der Waals surface area contributed by atoms with Crippen molar-refractivity contribution in [2.24, 2.45) is 0 Å². The third-order valence-electron chi connectivity index (χ3n) is 4.26. The highest BCUT2D eigenvalue weighted by molar-refractivity contribution is 7.10. The average Bonchev–Trinajstić information content (AvgIpc) is 3.22. The number of benzene rings is 1. The van der Waals surface area contributed by atoms with Gasteiger partial charge in [-0.25, -0.2) is 9.18 Å². The fourth-order valence-corrected chi connectivity index (χ4v) is 4.03. The van der Waals surface area contributed by atoms with Crippen LogP contribution in [0.4, 0.5) is 10.1 Å². The Hall–Kier alpha value is -2.93. The molecule has 3 aromatic rings. The van der Waals surface area contributed by atoms with E-state index < -0.39 is 11.8 Å². The second-order valence-electron chi connectivity index (χ2n) is 5.75. The SMILES string of the molecule is O=C1CC(c2cccs2)c2c(c(C(=O)O)cn2-c2ccccc2F)N1. The lowest BCUT2D eigenvalue weighted by atomic mass is 9.93. The molecule has 2 aromatic heterocycles. The fraction of sp³-hybridized carbons (Fsp3) is 0.111. The van der Waals surface area contributed by atoms with Gasteiger partial charge in [-0.1, -0.05) is 18.2 Å². The second kappa shape index (κ2) is 5.86. The predicted octanol–water partition coefficient (Wildman–Crippen LogP) is 3.85. The Labute approximate surface area is 146 Å². The number of nitrogens with zero attached hydrogens (tertiary/aromatic N) is 1. The third-order valence-corrected chi connectivity index (χ3v) is 5.24. The van der Waals surface area contributed by atoms with Gasteiger partial charge in [0, 0.05) is 23.4 Å². The van der Waals surface area contributed by atoms with Crippen molar-refractivity contribution in [2.75, 3.05) is 5.32 Å². The lowest BCUT2D eigenvalue weighted by Crippen LogP contribution is -2.25. The maximum absolute atomic E-state index is 14.3. The molecule has 0 radical (unpaired) electrons. The van der Waals surface area contributed by atoms with Crippen LogP contribution in [0.2, 0.25) is 0 Å². The summed E-state index contributed by atoms with van der Waals surface area (Å²) < 4.78 is 15.9. The van der Waals surface area contributed by atoms with Crippen molar-refractivity contribution < 1.29 is 19.1 Å². The van der Waals surface area contributed by atoms with Gasteiger partial charge in [0.1, 0.15) is 11.4 Å². The maximum Gasteiger partial charge on any atom is 0.339 e. The van der Waals surface area contributed by atoms with E-state index in [0.717, 1.165) is 4.88 Å². The lowest BCUT2D eigenvalue weighted by Gasteiger charge is -2.25. The van der Waals surface area contributed by atoms with Gasteiger partial charge in [0.15, 0.2) is 0 Å². The third kappa shape index (κ3) is 2.53. The summed E-state index contributed by atoms with van der Waals surface area (Å²) in [6, 6.07) is 9.95. The molecule has 4 rings (SSSR count). The molecule has 0 bridgehead atoms. The van der Waals surface area contributed by atoms with Crippen LogP contribution < -0.4 is 5.32 Å². The first-order valence-electron chi connectivity index (χ1n) is 7.63. The predicted molar refractivity (Wildman–Crippen MR) is 92.1 cm³/mol. The molecule has 25 heavy (non-hydrogen) atoms. The van der Waals surface area contributed by atoms with Crippen LogP contribution in [0.3, 0.4) is 0 Å². The number of carboxylic acids is 1. The van der Waals surface area contributed by atoms with Gasteiger partial charge in [0.2, 0.25) is 5.91 Å². The van der Waals surface area contributed by atoms with Crippen molar-refractivity contribution in [3.63, 3.8) is 0 Å². The van der Waals surface area contributed by atoms with Crippen LogP contribution in [0.15, 0.2) is 48.0 Å². The summed E-state index contributed by atoms with van der Waals surface area (Å²) in [4.78, 5) is 24.7. The Morgan fingerprint density at radius 3 is 2.76 bits per heavy atom. The minimum atomic E-state index is -1.17. The first kappa shape index (κ1) is 15.6. The van der Waals surface area contributed by atoms with Crippen LogP contribution in [-0.2, 0) is 4.79 Å². The van der Waals surface area contributed by atoms with Gasteiger partial charge in [-0.15, -0.1) is 11.3 Å². The van der Waals surface area contributed by atoms with Crippen LogP contribution in [0.5, 0.6) is 0 Å². The molecule has 5 nitrogen and oxygen atoms in total. The van der Waals surface area contributed by atoms with Gasteiger partial charge >= 0.3 is 5.97 Å². The zero-order chi connectivity index (χ0) is 17.6. The smallest absolute Gasteiger partial charge is 0.339 e. The molecular formula is C18H13FN2O3S. The molecule has 7 heteroatoms. The van der Waals surface area contributed by atoms with Crippen molar-refractivity contribution in [3.05, 3.63) is 69.9 Å². The topological polar surface area (TPSA) is 71.3 Å². The number of carbonyl (C=O) groups excluding carboxylic acids is 1. The van der Waals surface area contributed by atoms with E-state index >= 15 is 0 Å². The molecule has 1 aliphatic rings. The number of anilines is 1. The van der Waals surface area contributed by atoms with E-state index in [2.05, 4.69) is 5.32 Å². The molecule has 126 valence electrons. The van der Waals surface area contributed by atoms with E-state index in [9.17, 15) is 19.1 Å². The molecule has 0 aliphatic carbocycles. The Kier molecular flexibility index (Phi) is 3.65. The van der Waals surface area contributed by atoms with Crippen LogP contribution in [0.1, 0.15) is 33.3 Å². The van der Waals surface area contributed by atoms with Gasteiger partial charge in [-0.2, -0.15) is 0 Å². The molecule has 2 N–H and O–H groups in total. The van der Waals surface area contributed by atoms with Crippen LogP contribution in [-0.4, -0.2) is 21.6 Å². The van der Waals surface area contributed by atoms with E-state index in [1.807, 2.05) is 17.5 Å². The Balaban J connectivity index is 2.01. The van der Waals surface area contributed by atoms with E-state index in [0.29, 0.717) is 5.69 Å². The van der Waals surface area contributed by atoms with Crippen molar-refractivity contribution in [3.8, 4) is 5.69 Å². The quantitative estimate of drug-likeness (QED) is 0.749. The summed E-state index contributed by atoms with van der Waals surface area (Å²) >= 11 is 1.49. The van der Waals surface area contributed by atoms with Gasteiger partial charge < -0.3 is 15.0 Å². The molecule has 1 atom stereocenters. The number of carboxylic acid groups (broad SMARTS) is 1. The van der Waals surface area contributed by atoms with E-state index in [1.54, 1.807) is 18.2 Å². The van der Waals surface area contributed by atoms with Crippen molar-refractivity contribution in [1.82, 2.24) is 4.57 Å². The molecule has 1 aliphatic heterocycles. The highest BCUT2D eigenvalue weighted by Gasteiger charge is 2.35. The molecule has 0 saturated heterocycles. The second-order valence-corrected chi connectivity index (χ2v) is 6.73. The number of thiophene rings is 1. The number of amides is 1.